The van der Waals surface area contributed by atoms with Crippen molar-refractivity contribution in [2.24, 2.45) is 0 Å². The van der Waals surface area contributed by atoms with Gasteiger partial charge in [-0.2, -0.15) is 4.68 Å². The van der Waals surface area contributed by atoms with Gasteiger partial charge in [0.05, 0.1) is 30.3 Å². The molecular formula is C30H30FN5O4. The van der Waals surface area contributed by atoms with Crippen LogP contribution in [0.1, 0.15) is 43.6 Å². The van der Waals surface area contributed by atoms with E-state index in [9.17, 15) is 9.59 Å². The second-order valence-electron chi connectivity index (χ2n) is 9.61. The number of ether oxygens (including phenoxy) is 2. The fourth-order valence-corrected chi connectivity index (χ4v) is 4.66. The number of rotatable bonds is 9. The van der Waals surface area contributed by atoms with Crippen LogP contribution in [0.3, 0.4) is 0 Å². The second-order valence-corrected chi connectivity index (χ2v) is 9.61. The van der Waals surface area contributed by atoms with Gasteiger partial charge in [0.2, 0.25) is 0 Å². The summed E-state index contributed by atoms with van der Waals surface area (Å²) < 4.78 is 30.7. The molecule has 0 spiro atoms. The molecule has 3 aromatic heterocycles. The van der Waals surface area contributed by atoms with Crippen molar-refractivity contribution in [3.8, 4) is 17.3 Å². The number of methoxy groups -OCH3 is 1. The Morgan fingerprint density at radius 1 is 1.00 bits per heavy atom. The second kappa shape index (κ2) is 11.3. The van der Waals surface area contributed by atoms with E-state index in [2.05, 4.69) is 10.1 Å². The van der Waals surface area contributed by atoms with Gasteiger partial charge in [0.15, 0.2) is 17.5 Å². The van der Waals surface area contributed by atoms with Gasteiger partial charge in [0, 0.05) is 12.7 Å². The monoisotopic (exact) mass is 543 g/mol. The van der Waals surface area contributed by atoms with Crippen molar-refractivity contribution >= 4 is 10.9 Å². The van der Waals surface area contributed by atoms with Crippen LogP contribution in [0.25, 0.3) is 22.4 Å². The third-order valence-corrected chi connectivity index (χ3v) is 6.71. The molecule has 0 unspecified atom stereocenters. The third-order valence-electron chi connectivity index (χ3n) is 6.71. The Morgan fingerprint density at radius 3 is 2.42 bits per heavy atom. The zero-order valence-electron chi connectivity index (χ0n) is 22.8. The quantitative estimate of drug-likeness (QED) is 0.267. The number of hydrogen-bond acceptors (Lipinski definition) is 6. The molecule has 0 atom stereocenters. The highest BCUT2D eigenvalue weighted by Gasteiger charge is 2.22. The van der Waals surface area contributed by atoms with E-state index in [4.69, 9.17) is 9.47 Å². The molecule has 206 valence electrons. The average molecular weight is 544 g/mol. The molecule has 0 fully saturated rings. The standard InChI is InChI=1S/C30H30FN5O4/c1-5-34-26(18-40-17-20-11-7-6-8-12-20)33-36(30(34)38)28-23(31)15-21-27(32-28)22(19(2)3)16-35(29(21)37)24-13-9-10-14-25(24)39-4/h6-16,19H,5,17-18H2,1-4H3. The zero-order valence-corrected chi connectivity index (χ0v) is 22.8. The molecule has 0 bridgehead atoms. The highest BCUT2D eigenvalue weighted by Crippen LogP contribution is 2.28. The highest BCUT2D eigenvalue weighted by molar-refractivity contribution is 5.83. The molecule has 10 heteroatoms. The number of hydrogen-bond donors (Lipinski definition) is 0. The van der Waals surface area contributed by atoms with Crippen LogP contribution < -0.4 is 16.0 Å². The van der Waals surface area contributed by atoms with Gasteiger partial charge in [-0.15, -0.1) is 5.10 Å². The maximum Gasteiger partial charge on any atom is 0.352 e. The number of nitrogens with zero attached hydrogens (tertiary/aromatic N) is 5. The number of fused-ring (bicyclic) bond motifs is 1. The van der Waals surface area contributed by atoms with Crippen LogP contribution in [0, 0.1) is 5.82 Å². The molecule has 0 amide bonds. The molecule has 3 heterocycles. The van der Waals surface area contributed by atoms with Gasteiger partial charge in [0.25, 0.3) is 5.56 Å². The van der Waals surface area contributed by atoms with Crippen LogP contribution in [0.2, 0.25) is 0 Å². The first-order valence-corrected chi connectivity index (χ1v) is 13.0. The summed E-state index contributed by atoms with van der Waals surface area (Å²) in [5.74, 6) is -0.327. The maximum absolute atomic E-state index is 15.6. The van der Waals surface area contributed by atoms with Gasteiger partial charge in [0.1, 0.15) is 12.4 Å². The number of aromatic nitrogens is 5. The molecule has 5 rings (SSSR count). The summed E-state index contributed by atoms with van der Waals surface area (Å²) in [5, 5.41) is 4.46. The minimum Gasteiger partial charge on any atom is -0.495 e. The molecule has 2 aromatic carbocycles. The van der Waals surface area contributed by atoms with Gasteiger partial charge in [-0.1, -0.05) is 56.3 Å². The van der Waals surface area contributed by atoms with Crippen LogP contribution in [-0.4, -0.2) is 31.0 Å². The van der Waals surface area contributed by atoms with Gasteiger partial charge >= 0.3 is 5.69 Å². The normalized spacial score (nSPS) is 11.4. The Hall–Kier alpha value is -4.57. The van der Waals surface area contributed by atoms with Crippen molar-refractivity contribution < 1.29 is 13.9 Å². The largest absolute Gasteiger partial charge is 0.495 e. The Bertz CT molecular complexity index is 1790. The van der Waals surface area contributed by atoms with Gasteiger partial charge in [-0.05, 0) is 42.2 Å². The number of para-hydroxylation sites is 2. The SMILES string of the molecule is CCn1c(COCc2ccccc2)nn(-c2nc3c(C(C)C)cn(-c4ccccc4OC)c(=O)c3cc2F)c1=O. The first-order valence-electron chi connectivity index (χ1n) is 13.0. The molecule has 40 heavy (non-hydrogen) atoms. The summed E-state index contributed by atoms with van der Waals surface area (Å²) in [5.41, 5.74) is 1.53. The van der Waals surface area contributed by atoms with Crippen molar-refractivity contribution in [1.29, 1.82) is 0 Å². The maximum atomic E-state index is 15.6. The van der Waals surface area contributed by atoms with E-state index >= 15 is 4.39 Å². The lowest BCUT2D eigenvalue weighted by atomic mass is 10.0. The van der Waals surface area contributed by atoms with Crippen molar-refractivity contribution in [2.75, 3.05) is 7.11 Å². The zero-order chi connectivity index (χ0) is 28.4. The molecular weight excluding hydrogens is 513 g/mol. The molecule has 0 N–H and O–H groups in total. The van der Waals surface area contributed by atoms with Crippen LogP contribution in [0.4, 0.5) is 4.39 Å². The van der Waals surface area contributed by atoms with E-state index in [-0.39, 0.29) is 23.7 Å². The van der Waals surface area contributed by atoms with E-state index in [0.717, 1.165) is 16.3 Å². The van der Waals surface area contributed by atoms with Gasteiger partial charge < -0.3 is 9.47 Å². The Balaban J connectivity index is 1.61. The third kappa shape index (κ3) is 4.93. The summed E-state index contributed by atoms with van der Waals surface area (Å²) in [6.07, 6.45) is 1.69. The fraction of sp³-hybridized carbons (Fsp3) is 0.267. The lowest BCUT2D eigenvalue weighted by molar-refractivity contribution is 0.0989. The van der Waals surface area contributed by atoms with Crippen LogP contribution in [0.5, 0.6) is 5.75 Å². The Kier molecular flexibility index (Phi) is 7.61. The fourth-order valence-electron chi connectivity index (χ4n) is 4.66. The summed E-state index contributed by atoms with van der Waals surface area (Å²) in [4.78, 5) is 31.3. The van der Waals surface area contributed by atoms with Crippen molar-refractivity contribution in [2.45, 2.75) is 46.4 Å². The molecule has 0 aliphatic rings. The molecule has 9 nitrogen and oxygen atoms in total. The van der Waals surface area contributed by atoms with Crippen molar-refractivity contribution in [3.05, 3.63) is 110 Å². The smallest absolute Gasteiger partial charge is 0.352 e. The lowest BCUT2D eigenvalue weighted by Crippen LogP contribution is -2.26. The van der Waals surface area contributed by atoms with E-state index in [0.29, 0.717) is 41.5 Å². The predicted molar refractivity (Wildman–Crippen MR) is 150 cm³/mol. The van der Waals surface area contributed by atoms with E-state index in [1.807, 2.05) is 44.2 Å². The summed E-state index contributed by atoms with van der Waals surface area (Å²) in [6, 6.07) is 17.9. The predicted octanol–water partition coefficient (Wildman–Crippen LogP) is 4.74. The lowest BCUT2D eigenvalue weighted by Gasteiger charge is -2.16. The first-order chi connectivity index (χ1) is 19.3. The minimum atomic E-state index is -0.836. The summed E-state index contributed by atoms with van der Waals surface area (Å²) >= 11 is 0. The number of pyridine rings is 2. The minimum absolute atomic E-state index is 0.0566. The number of halogens is 1. The molecule has 0 saturated heterocycles. The first kappa shape index (κ1) is 27.0. The van der Waals surface area contributed by atoms with Crippen molar-refractivity contribution in [3.63, 3.8) is 0 Å². The Labute approximate surface area is 230 Å². The van der Waals surface area contributed by atoms with Crippen LogP contribution in [-0.2, 0) is 24.5 Å². The van der Waals surface area contributed by atoms with Gasteiger partial charge in [-0.25, -0.2) is 14.2 Å². The molecule has 0 radical (unpaired) electrons. The van der Waals surface area contributed by atoms with E-state index < -0.39 is 17.1 Å². The van der Waals surface area contributed by atoms with Gasteiger partial charge in [-0.3, -0.25) is 13.9 Å². The molecule has 0 saturated carbocycles. The number of benzene rings is 2. The Morgan fingerprint density at radius 2 is 1.73 bits per heavy atom. The van der Waals surface area contributed by atoms with Crippen molar-refractivity contribution in [1.82, 2.24) is 23.9 Å². The van der Waals surface area contributed by atoms with Crippen LogP contribution >= 0.6 is 0 Å². The summed E-state index contributed by atoms with van der Waals surface area (Å²) in [7, 11) is 1.52. The molecule has 0 aliphatic heterocycles. The molecule has 0 aliphatic carbocycles. The van der Waals surface area contributed by atoms with Crippen LogP contribution in [0.15, 0.2) is 76.4 Å². The topological polar surface area (TPSA) is 93.2 Å². The van der Waals surface area contributed by atoms with E-state index in [1.165, 1.54) is 16.2 Å². The van der Waals surface area contributed by atoms with E-state index in [1.54, 1.807) is 37.4 Å². The summed E-state index contributed by atoms with van der Waals surface area (Å²) in [6.45, 7) is 6.42. The highest BCUT2D eigenvalue weighted by atomic mass is 19.1. The molecule has 5 aromatic rings. The average Bonchev–Trinajstić information content (AvgIpc) is 3.28.